The molecule has 172 valence electrons. The molecule has 2 heterocycles. The fourth-order valence-corrected chi connectivity index (χ4v) is 3.29. The highest BCUT2D eigenvalue weighted by Crippen LogP contribution is 2.23. The Morgan fingerprint density at radius 1 is 1.09 bits per heavy atom. The van der Waals surface area contributed by atoms with Gasteiger partial charge < -0.3 is 20.8 Å². The first-order valence-electron chi connectivity index (χ1n) is 9.42. The van der Waals surface area contributed by atoms with E-state index in [4.69, 9.17) is 9.90 Å². The van der Waals surface area contributed by atoms with Crippen molar-refractivity contribution in [3.8, 4) is 0 Å². The van der Waals surface area contributed by atoms with E-state index in [-0.39, 0.29) is 0 Å². The molecule has 0 spiro atoms. The lowest BCUT2D eigenvalue weighted by Gasteiger charge is -2.13. The number of hydrogen-bond acceptors (Lipinski definition) is 8. The van der Waals surface area contributed by atoms with Crippen molar-refractivity contribution in [1.82, 2.24) is 15.0 Å². The Labute approximate surface area is 189 Å². The molecule has 4 N–H and O–H groups in total. The Bertz CT molecular complexity index is 1200. The topological polar surface area (TPSA) is 120 Å². The molecule has 0 aliphatic rings. The van der Waals surface area contributed by atoms with Gasteiger partial charge in [-0.25, -0.2) is 14.8 Å². The first-order valence-corrected chi connectivity index (χ1v) is 10.3. The molecule has 0 saturated heterocycles. The van der Waals surface area contributed by atoms with E-state index in [1.54, 1.807) is 23.6 Å². The van der Waals surface area contributed by atoms with Crippen LogP contribution in [0.15, 0.2) is 66.3 Å². The van der Waals surface area contributed by atoms with Gasteiger partial charge in [0.25, 0.3) is 0 Å². The summed E-state index contributed by atoms with van der Waals surface area (Å²) in [6, 6.07) is 17.2. The van der Waals surface area contributed by atoms with Crippen LogP contribution in [0.1, 0.15) is 11.7 Å². The van der Waals surface area contributed by atoms with E-state index in [1.807, 2.05) is 54.0 Å². The lowest BCUT2D eigenvalue weighted by Crippen LogP contribution is -2.21. The summed E-state index contributed by atoms with van der Waals surface area (Å²) in [5.41, 5.74) is 4.58. The van der Waals surface area contributed by atoms with E-state index >= 15 is 0 Å². The summed E-state index contributed by atoms with van der Waals surface area (Å²) < 4.78 is 32.8. The number of nitrogens with zero attached hydrogens (tertiary/aromatic N) is 3. The van der Waals surface area contributed by atoms with Gasteiger partial charge >= 0.3 is 12.1 Å². The van der Waals surface area contributed by atoms with E-state index in [2.05, 4.69) is 25.6 Å². The average molecular weight is 477 g/mol. The number of aromatic nitrogens is 3. The maximum atomic E-state index is 10.6. The summed E-state index contributed by atoms with van der Waals surface area (Å²) in [6.45, 7) is 0.368. The number of carboxylic acid groups (broad SMARTS) is 1. The number of halogens is 3. The normalized spacial score (nSPS) is 11.9. The van der Waals surface area contributed by atoms with Crippen LogP contribution < -0.4 is 10.6 Å². The van der Waals surface area contributed by atoms with Gasteiger partial charge in [0, 0.05) is 18.4 Å². The molecule has 4 aromatic rings. The summed E-state index contributed by atoms with van der Waals surface area (Å²) in [6.07, 6.45) is -4.01. The van der Waals surface area contributed by atoms with E-state index in [0.29, 0.717) is 18.3 Å². The van der Waals surface area contributed by atoms with Crippen LogP contribution in [0, 0.1) is 0 Å². The van der Waals surface area contributed by atoms with Crippen molar-refractivity contribution in [2.75, 3.05) is 17.2 Å². The molecular weight excluding hydrogens is 459 g/mol. The van der Waals surface area contributed by atoms with Gasteiger partial charge in [0.1, 0.15) is 5.82 Å². The van der Waals surface area contributed by atoms with Crippen molar-refractivity contribution in [1.29, 1.82) is 0 Å². The number of rotatable bonds is 6. The minimum absolute atomic E-state index is 0.368. The zero-order chi connectivity index (χ0) is 23.8. The van der Waals surface area contributed by atoms with Crippen molar-refractivity contribution in [3.63, 3.8) is 0 Å². The summed E-state index contributed by atoms with van der Waals surface area (Å²) in [4.78, 5) is 21.9. The van der Waals surface area contributed by atoms with Crippen LogP contribution in [0.2, 0.25) is 0 Å². The molecule has 0 bridgehead atoms. The number of thiazole rings is 1. The molecule has 12 heteroatoms. The molecule has 0 amide bonds. The lowest BCUT2D eigenvalue weighted by molar-refractivity contribution is -0.192. The Hall–Kier alpha value is -3.77. The highest BCUT2D eigenvalue weighted by molar-refractivity contribution is 7.16. The maximum absolute atomic E-state index is 10.6. The Morgan fingerprint density at radius 2 is 1.82 bits per heavy atom. The van der Waals surface area contributed by atoms with Gasteiger partial charge in [0.15, 0.2) is 0 Å². The molecule has 0 radical (unpaired) electrons. The molecule has 1 unspecified atom stereocenters. The van der Waals surface area contributed by atoms with Crippen LogP contribution in [-0.4, -0.2) is 43.9 Å². The van der Waals surface area contributed by atoms with E-state index in [1.165, 1.54) is 0 Å². The molecule has 4 rings (SSSR count). The molecule has 33 heavy (non-hydrogen) atoms. The molecule has 2 aromatic carbocycles. The van der Waals surface area contributed by atoms with Crippen molar-refractivity contribution in [2.24, 2.45) is 0 Å². The number of hydrogen-bond donors (Lipinski definition) is 4. The minimum Gasteiger partial charge on any atom is -0.475 e. The number of fused-ring (bicyclic) bond motifs is 1. The van der Waals surface area contributed by atoms with Crippen LogP contribution in [0.5, 0.6) is 0 Å². The summed E-state index contributed by atoms with van der Waals surface area (Å²) in [5, 5.41) is 23.7. The van der Waals surface area contributed by atoms with Crippen LogP contribution in [-0.2, 0) is 4.79 Å². The SMILES string of the molecule is O=C(O)C(F)(F)F.OC(CNc1ccnc(Nc2ccc3ncsc3c2)n1)c1ccccc1. The Morgan fingerprint density at radius 3 is 2.52 bits per heavy atom. The quantitative estimate of drug-likeness (QED) is 0.318. The minimum atomic E-state index is -5.08. The third-order valence-corrected chi connectivity index (χ3v) is 4.94. The Kier molecular flexibility index (Phi) is 7.74. The first kappa shape index (κ1) is 23.9. The van der Waals surface area contributed by atoms with E-state index in [9.17, 15) is 18.3 Å². The third-order valence-electron chi connectivity index (χ3n) is 4.15. The second kappa shape index (κ2) is 10.7. The zero-order valence-corrected chi connectivity index (χ0v) is 17.6. The maximum Gasteiger partial charge on any atom is 0.490 e. The molecule has 1 atom stereocenters. The molecule has 0 fully saturated rings. The fourth-order valence-electron chi connectivity index (χ4n) is 2.57. The standard InChI is InChI=1S/C19H17N5OS.C2HF3O2/c25-16(13-4-2-1-3-5-13)11-21-18-8-9-20-19(24-18)23-14-6-7-15-17(10-14)26-12-22-15;3-2(4,5)1(6)7/h1-10,12,16,25H,11H2,(H2,20,21,23,24);(H,6,7). The number of benzene rings is 2. The zero-order valence-electron chi connectivity index (χ0n) is 16.8. The van der Waals surface area contributed by atoms with Gasteiger partial charge in [-0.3, -0.25) is 0 Å². The summed E-state index contributed by atoms with van der Waals surface area (Å²) in [5.74, 6) is -1.61. The second-order valence-electron chi connectivity index (χ2n) is 6.54. The average Bonchev–Trinajstić information content (AvgIpc) is 3.26. The summed E-state index contributed by atoms with van der Waals surface area (Å²) in [7, 11) is 0. The fraction of sp³-hybridized carbons (Fsp3) is 0.143. The molecule has 2 aromatic heterocycles. The number of carbonyl (C=O) groups is 1. The predicted octanol–water partition coefficient (Wildman–Crippen LogP) is 4.61. The highest BCUT2D eigenvalue weighted by atomic mass is 32.1. The Balaban J connectivity index is 0.000000383. The smallest absolute Gasteiger partial charge is 0.475 e. The molecular formula is C21H18F3N5O3S. The van der Waals surface area contributed by atoms with Gasteiger partial charge in [-0.05, 0) is 29.8 Å². The second-order valence-corrected chi connectivity index (χ2v) is 7.42. The first-order chi connectivity index (χ1) is 15.7. The van der Waals surface area contributed by atoms with Gasteiger partial charge in [0.2, 0.25) is 5.95 Å². The number of aliphatic hydroxyl groups is 1. The van der Waals surface area contributed by atoms with Crippen LogP contribution in [0.25, 0.3) is 10.2 Å². The van der Waals surface area contributed by atoms with Crippen LogP contribution >= 0.6 is 11.3 Å². The number of nitrogens with one attached hydrogen (secondary N) is 2. The van der Waals surface area contributed by atoms with E-state index in [0.717, 1.165) is 21.5 Å². The van der Waals surface area contributed by atoms with Crippen LogP contribution in [0.4, 0.5) is 30.6 Å². The van der Waals surface area contributed by atoms with Crippen molar-refractivity contribution >= 4 is 45.0 Å². The number of carboxylic acids is 1. The van der Waals surface area contributed by atoms with Crippen molar-refractivity contribution in [2.45, 2.75) is 12.3 Å². The van der Waals surface area contributed by atoms with Gasteiger partial charge in [-0.15, -0.1) is 11.3 Å². The predicted molar refractivity (Wildman–Crippen MR) is 119 cm³/mol. The van der Waals surface area contributed by atoms with Crippen molar-refractivity contribution < 1.29 is 28.2 Å². The molecule has 0 saturated carbocycles. The number of aliphatic carboxylic acids is 1. The largest absolute Gasteiger partial charge is 0.490 e. The van der Waals surface area contributed by atoms with E-state index < -0.39 is 18.2 Å². The number of anilines is 3. The van der Waals surface area contributed by atoms with Gasteiger partial charge in [-0.2, -0.15) is 18.2 Å². The van der Waals surface area contributed by atoms with Crippen molar-refractivity contribution in [3.05, 3.63) is 71.9 Å². The monoisotopic (exact) mass is 477 g/mol. The highest BCUT2D eigenvalue weighted by Gasteiger charge is 2.38. The molecule has 0 aliphatic carbocycles. The van der Waals surface area contributed by atoms with Crippen LogP contribution in [0.3, 0.4) is 0 Å². The lowest BCUT2D eigenvalue weighted by atomic mass is 10.1. The summed E-state index contributed by atoms with van der Waals surface area (Å²) >= 11 is 1.59. The van der Waals surface area contributed by atoms with Gasteiger partial charge in [0.05, 0.1) is 21.8 Å². The third kappa shape index (κ3) is 7.12. The number of alkyl halides is 3. The molecule has 0 aliphatic heterocycles. The van der Waals surface area contributed by atoms with Gasteiger partial charge in [-0.1, -0.05) is 30.3 Å². The number of aliphatic hydroxyl groups excluding tert-OH is 1. The molecule has 8 nitrogen and oxygen atoms in total.